The largest absolute Gasteiger partial charge is 0.382 e. The van der Waals surface area contributed by atoms with E-state index in [1.165, 1.54) is 11.9 Å². The van der Waals surface area contributed by atoms with Crippen molar-refractivity contribution in [3.8, 4) is 0 Å². The highest BCUT2D eigenvalue weighted by atomic mass is 31.2. The Balaban J connectivity index is 1.86. The van der Waals surface area contributed by atoms with Gasteiger partial charge in [0.25, 0.3) is 0 Å². The van der Waals surface area contributed by atoms with E-state index in [9.17, 15) is 0 Å². The van der Waals surface area contributed by atoms with Crippen molar-refractivity contribution in [1.82, 2.24) is 19.5 Å². The molecule has 2 heterocycles. The first kappa shape index (κ1) is 16.7. The summed E-state index contributed by atoms with van der Waals surface area (Å²) in [5.74, 6) is 1.05. The van der Waals surface area contributed by atoms with Gasteiger partial charge in [-0.05, 0) is 12.0 Å². The predicted molar refractivity (Wildman–Crippen MR) is 90.9 cm³/mol. The third kappa shape index (κ3) is 3.85. The minimum Gasteiger partial charge on any atom is -0.382 e. The normalized spacial score (nSPS) is 11.5. The summed E-state index contributed by atoms with van der Waals surface area (Å²) in [6.07, 6.45) is 2.65. The summed E-state index contributed by atoms with van der Waals surface area (Å²) in [4.78, 5) is 30.5. The zero-order valence-electron chi connectivity index (χ0n) is 12.9. The average molecular weight is 347 g/mol. The number of imidazole rings is 1. The van der Waals surface area contributed by atoms with E-state index in [0.29, 0.717) is 29.9 Å². The van der Waals surface area contributed by atoms with Crippen molar-refractivity contribution in [2.75, 3.05) is 12.3 Å². The zero-order chi connectivity index (χ0) is 16.9. The van der Waals surface area contributed by atoms with Gasteiger partial charge in [0.05, 0.1) is 6.61 Å². The van der Waals surface area contributed by atoms with Crippen LogP contribution in [0, 0.1) is 0 Å². The predicted octanol–water partition coefficient (Wildman–Crippen LogP) is 1.42. The van der Waals surface area contributed by atoms with Gasteiger partial charge in [-0.1, -0.05) is 30.3 Å². The fourth-order valence-electron chi connectivity index (χ4n) is 2.53. The van der Waals surface area contributed by atoms with Gasteiger partial charge in [-0.2, -0.15) is 0 Å². The molecule has 3 rings (SSSR count). The maximum absolute atomic E-state index is 8.86. The Bertz CT molecular complexity index is 809. The lowest BCUT2D eigenvalue weighted by molar-refractivity contribution is 0.255. The van der Waals surface area contributed by atoms with Crippen LogP contribution in [0.25, 0.3) is 11.2 Å². The second kappa shape index (κ2) is 7.63. The third-order valence-corrected chi connectivity index (χ3v) is 4.05. The summed E-state index contributed by atoms with van der Waals surface area (Å²) in [7, 11) is -2.37. The molecule has 24 heavy (non-hydrogen) atoms. The van der Waals surface area contributed by atoms with Crippen LogP contribution >= 0.6 is 8.60 Å². The Morgan fingerprint density at radius 1 is 1.12 bits per heavy atom. The van der Waals surface area contributed by atoms with Crippen molar-refractivity contribution >= 4 is 25.6 Å². The number of rotatable bonds is 7. The lowest BCUT2D eigenvalue weighted by Gasteiger charge is -2.09. The van der Waals surface area contributed by atoms with E-state index in [1.807, 2.05) is 22.8 Å². The number of hydrogen-bond donors (Lipinski definition) is 3. The molecular formula is C15H18N5O3P. The van der Waals surface area contributed by atoms with E-state index in [0.717, 1.165) is 12.2 Å². The highest BCUT2D eigenvalue weighted by Crippen LogP contribution is 2.25. The molecular weight excluding hydrogens is 329 g/mol. The first-order valence-corrected chi connectivity index (χ1v) is 8.62. The number of fused-ring (bicyclic) bond motifs is 1. The maximum atomic E-state index is 8.86. The molecule has 9 heteroatoms. The minimum absolute atomic E-state index is 0.153. The molecule has 3 aromatic rings. The second-order valence-electron chi connectivity index (χ2n) is 5.18. The van der Waals surface area contributed by atoms with E-state index >= 15 is 0 Å². The van der Waals surface area contributed by atoms with Crippen molar-refractivity contribution in [3.05, 3.63) is 48.0 Å². The van der Waals surface area contributed by atoms with Crippen LogP contribution in [0.3, 0.4) is 0 Å². The SMILES string of the molecule is Nc1ncnc2c1nc(CCOP(O)O)n2CCc1ccccc1. The average Bonchev–Trinajstić information content (AvgIpc) is 2.93. The van der Waals surface area contributed by atoms with E-state index < -0.39 is 8.60 Å². The fourth-order valence-corrected chi connectivity index (χ4v) is 2.78. The first-order valence-electron chi connectivity index (χ1n) is 7.45. The Hall–Kier alpha value is -2.12. The van der Waals surface area contributed by atoms with Crippen molar-refractivity contribution in [3.63, 3.8) is 0 Å². The molecule has 0 aliphatic heterocycles. The molecule has 0 fully saturated rings. The van der Waals surface area contributed by atoms with Gasteiger partial charge in [0.2, 0.25) is 0 Å². The molecule has 0 saturated heterocycles. The summed E-state index contributed by atoms with van der Waals surface area (Å²) in [5, 5.41) is 0. The number of aromatic nitrogens is 4. The quantitative estimate of drug-likeness (QED) is 0.553. The highest BCUT2D eigenvalue weighted by Gasteiger charge is 2.15. The standard InChI is InChI=1S/C15H18N5O3P/c16-14-13-15(18-10-17-14)20(8-6-11-4-2-1-3-5-11)12(19-13)7-9-23-24(21)22/h1-5,10,21-22H,6-9H2,(H2,16,17,18). The zero-order valence-corrected chi connectivity index (χ0v) is 13.8. The van der Waals surface area contributed by atoms with Gasteiger partial charge in [-0.15, -0.1) is 0 Å². The van der Waals surface area contributed by atoms with Crippen molar-refractivity contribution < 1.29 is 14.3 Å². The summed E-state index contributed by atoms with van der Waals surface area (Å²) in [6.45, 7) is 0.833. The van der Waals surface area contributed by atoms with E-state index in [4.69, 9.17) is 20.0 Å². The number of benzene rings is 1. The van der Waals surface area contributed by atoms with Crippen LogP contribution in [0.2, 0.25) is 0 Å². The molecule has 8 nitrogen and oxygen atoms in total. The van der Waals surface area contributed by atoms with Gasteiger partial charge < -0.3 is 24.6 Å². The monoisotopic (exact) mass is 347 g/mol. The Morgan fingerprint density at radius 3 is 2.67 bits per heavy atom. The van der Waals surface area contributed by atoms with Crippen molar-refractivity contribution in [2.24, 2.45) is 0 Å². The molecule has 126 valence electrons. The molecule has 0 amide bonds. The Labute approximate surface area is 140 Å². The third-order valence-electron chi connectivity index (χ3n) is 3.64. The molecule has 4 N–H and O–H groups in total. The Morgan fingerprint density at radius 2 is 1.92 bits per heavy atom. The van der Waals surface area contributed by atoms with Crippen LogP contribution in [0.15, 0.2) is 36.7 Å². The van der Waals surface area contributed by atoms with Gasteiger partial charge in [0.15, 0.2) is 17.0 Å². The topological polar surface area (TPSA) is 119 Å². The molecule has 0 spiro atoms. The molecule has 0 aliphatic carbocycles. The fraction of sp³-hybridized carbons (Fsp3) is 0.267. The van der Waals surface area contributed by atoms with E-state index in [-0.39, 0.29) is 6.61 Å². The van der Waals surface area contributed by atoms with Crippen LogP contribution in [-0.2, 0) is 23.9 Å². The lowest BCUT2D eigenvalue weighted by Crippen LogP contribution is -2.09. The lowest BCUT2D eigenvalue weighted by atomic mass is 10.1. The molecule has 2 aromatic heterocycles. The number of nitrogens with zero attached hydrogens (tertiary/aromatic N) is 4. The minimum atomic E-state index is -2.37. The van der Waals surface area contributed by atoms with E-state index in [1.54, 1.807) is 0 Å². The number of hydrogen-bond acceptors (Lipinski definition) is 7. The number of aryl methyl sites for hydroxylation is 2. The molecule has 0 radical (unpaired) electrons. The number of anilines is 1. The molecule has 0 atom stereocenters. The summed E-state index contributed by atoms with van der Waals surface area (Å²) in [6, 6.07) is 10.1. The van der Waals surface area contributed by atoms with E-state index in [2.05, 4.69) is 27.1 Å². The smallest absolute Gasteiger partial charge is 0.327 e. The number of nitrogens with two attached hydrogens (primary N) is 1. The highest BCUT2D eigenvalue weighted by molar-refractivity contribution is 7.39. The Kier molecular flexibility index (Phi) is 5.32. The van der Waals surface area contributed by atoms with Gasteiger partial charge in [0, 0.05) is 13.0 Å². The van der Waals surface area contributed by atoms with Gasteiger partial charge in [-0.3, -0.25) is 0 Å². The van der Waals surface area contributed by atoms with Gasteiger partial charge >= 0.3 is 8.60 Å². The molecule has 0 aliphatic rings. The second-order valence-corrected chi connectivity index (χ2v) is 5.95. The van der Waals surface area contributed by atoms with Gasteiger partial charge in [0.1, 0.15) is 12.2 Å². The molecule has 1 aromatic carbocycles. The number of nitrogen functional groups attached to an aromatic ring is 1. The van der Waals surface area contributed by atoms with Gasteiger partial charge in [-0.25, -0.2) is 15.0 Å². The summed E-state index contributed by atoms with van der Waals surface area (Å²) >= 11 is 0. The van der Waals surface area contributed by atoms with Crippen molar-refractivity contribution in [1.29, 1.82) is 0 Å². The van der Waals surface area contributed by atoms with Crippen LogP contribution < -0.4 is 5.73 Å². The van der Waals surface area contributed by atoms with Crippen LogP contribution in [-0.4, -0.2) is 35.9 Å². The van der Waals surface area contributed by atoms with Crippen molar-refractivity contribution in [2.45, 2.75) is 19.4 Å². The summed E-state index contributed by atoms with van der Waals surface area (Å²) < 4.78 is 6.82. The van der Waals surface area contributed by atoms with Crippen LogP contribution in [0.5, 0.6) is 0 Å². The molecule has 0 saturated carbocycles. The molecule has 0 unspecified atom stereocenters. The van der Waals surface area contributed by atoms with Crippen LogP contribution in [0.1, 0.15) is 11.4 Å². The van der Waals surface area contributed by atoms with Crippen LogP contribution in [0.4, 0.5) is 5.82 Å². The molecule has 0 bridgehead atoms. The summed E-state index contributed by atoms with van der Waals surface area (Å²) in [5.41, 5.74) is 8.32. The first-order chi connectivity index (χ1) is 11.6. The maximum Gasteiger partial charge on any atom is 0.327 e.